The van der Waals surface area contributed by atoms with E-state index >= 15 is 0 Å². The number of carbonyl (C=O) groups is 1. The van der Waals surface area contributed by atoms with E-state index in [1.165, 1.54) is 12.8 Å². The second kappa shape index (κ2) is 10.1. The number of benzene rings is 1. The van der Waals surface area contributed by atoms with Crippen LogP contribution in [0.5, 0.6) is 0 Å². The number of hydrogen-bond acceptors (Lipinski definition) is 3. The molecular weight excluding hydrogens is 333 g/mol. The van der Waals surface area contributed by atoms with Crippen LogP contribution in [0.3, 0.4) is 0 Å². The summed E-state index contributed by atoms with van der Waals surface area (Å²) in [6.45, 7) is 4.74. The monoisotopic (exact) mass is 359 g/mol. The number of likely N-dealkylation sites (tertiary alicyclic amines) is 1. The third-order valence-electron chi connectivity index (χ3n) is 4.22. The topological polar surface area (TPSA) is 58.4 Å². The normalized spacial score (nSPS) is 17.3. The third-order valence-corrected chi connectivity index (χ3v) is 4.46. The summed E-state index contributed by atoms with van der Waals surface area (Å²) in [6.07, 6.45) is 4.05. The lowest BCUT2D eigenvalue weighted by Gasteiger charge is -2.28. The molecule has 1 saturated heterocycles. The molecule has 1 fully saturated rings. The van der Waals surface area contributed by atoms with Crippen LogP contribution in [0.15, 0.2) is 24.3 Å². The predicted molar refractivity (Wildman–Crippen MR) is 98.1 cm³/mol. The Hall–Kier alpha value is -0.810. The summed E-state index contributed by atoms with van der Waals surface area (Å²) in [5.74, 6) is -0.0620. The summed E-state index contributed by atoms with van der Waals surface area (Å²) in [4.78, 5) is 14.5. The van der Waals surface area contributed by atoms with Crippen LogP contribution in [-0.4, -0.2) is 36.5 Å². The fourth-order valence-electron chi connectivity index (χ4n) is 3.00. The molecule has 2 rings (SSSR count). The fraction of sp³-hybridized carbons (Fsp3) is 0.588. The van der Waals surface area contributed by atoms with E-state index in [4.69, 9.17) is 17.3 Å². The lowest BCUT2D eigenvalue weighted by Crippen LogP contribution is -2.44. The highest BCUT2D eigenvalue weighted by Crippen LogP contribution is 2.26. The van der Waals surface area contributed by atoms with Crippen molar-refractivity contribution >= 4 is 29.9 Å². The van der Waals surface area contributed by atoms with Crippen molar-refractivity contribution in [2.24, 2.45) is 5.73 Å². The molecule has 0 bridgehead atoms. The van der Waals surface area contributed by atoms with E-state index in [2.05, 4.69) is 16.3 Å². The molecule has 0 spiro atoms. The Morgan fingerprint density at radius 1 is 1.39 bits per heavy atom. The first kappa shape index (κ1) is 20.2. The number of amides is 1. The van der Waals surface area contributed by atoms with Crippen LogP contribution < -0.4 is 11.1 Å². The van der Waals surface area contributed by atoms with Crippen molar-refractivity contribution < 1.29 is 4.79 Å². The number of hydrogen-bond donors (Lipinski definition) is 2. The minimum atomic E-state index is -0.413. The van der Waals surface area contributed by atoms with E-state index in [-0.39, 0.29) is 24.4 Å². The molecule has 1 aliphatic rings. The Balaban J connectivity index is 0.00000264. The van der Waals surface area contributed by atoms with Gasteiger partial charge in [-0.05, 0) is 50.0 Å². The zero-order chi connectivity index (χ0) is 15.9. The Morgan fingerprint density at radius 2 is 2.09 bits per heavy atom. The lowest BCUT2D eigenvalue weighted by atomic mass is 10.0. The van der Waals surface area contributed by atoms with Crippen LogP contribution in [0.1, 0.15) is 44.2 Å². The van der Waals surface area contributed by atoms with Crippen LogP contribution in [0.4, 0.5) is 0 Å². The van der Waals surface area contributed by atoms with E-state index in [9.17, 15) is 4.79 Å². The van der Waals surface area contributed by atoms with Gasteiger partial charge in [-0.15, -0.1) is 12.4 Å². The van der Waals surface area contributed by atoms with E-state index in [1.54, 1.807) is 0 Å². The molecular formula is C17H27Cl2N3O. The standard InChI is InChI=1S/C17H26ClN3O.ClH/c1-2-6-15(19)17(22)20-12-16(21-9-3-4-10-21)13-7-5-8-14(18)11-13;/h5,7-8,11,15-16H,2-4,6,9-10,12,19H2,1H3,(H,20,22);1H. The van der Waals surface area contributed by atoms with Gasteiger partial charge in [-0.1, -0.05) is 37.1 Å². The number of halogens is 2. The van der Waals surface area contributed by atoms with Gasteiger partial charge in [-0.3, -0.25) is 9.69 Å². The van der Waals surface area contributed by atoms with Gasteiger partial charge in [0.2, 0.25) is 5.91 Å². The minimum absolute atomic E-state index is 0. The summed E-state index contributed by atoms with van der Waals surface area (Å²) < 4.78 is 0. The second-order valence-corrected chi connectivity index (χ2v) is 6.39. The summed E-state index contributed by atoms with van der Waals surface area (Å²) in [6, 6.07) is 7.66. The highest BCUT2D eigenvalue weighted by molar-refractivity contribution is 6.30. The van der Waals surface area contributed by atoms with Crippen LogP contribution in [-0.2, 0) is 4.79 Å². The van der Waals surface area contributed by atoms with Gasteiger partial charge in [-0.2, -0.15) is 0 Å². The molecule has 0 aromatic heterocycles. The number of nitrogens with two attached hydrogens (primary N) is 1. The molecule has 1 aliphatic heterocycles. The first-order valence-electron chi connectivity index (χ1n) is 8.14. The van der Waals surface area contributed by atoms with E-state index in [0.717, 1.165) is 36.5 Å². The van der Waals surface area contributed by atoms with Gasteiger partial charge in [0, 0.05) is 11.6 Å². The zero-order valence-corrected chi connectivity index (χ0v) is 15.2. The smallest absolute Gasteiger partial charge is 0.236 e. The molecule has 0 radical (unpaired) electrons. The van der Waals surface area contributed by atoms with E-state index in [0.29, 0.717) is 6.54 Å². The van der Waals surface area contributed by atoms with Crippen molar-refractivity contribution in [3.63, 3.8) is 0 Å². The van der Waals surface area contributed by atoms with Gasteiger partial charge in [-0.25, -0.2) is 0 Å². The van der Waals surface area contributed by atoms with Gasteiger partial charge < -0.3 is 11.1 Å². The van der Waals surface area contributed by atoms with E-state index < -0.39 is 6.04 Å². The van der Waals surface area contributed by atoms with E-state index in [1.807, 2.05) is 25.1 Å². The van der Waals surface area contributed by atoms with Crippen molar-refractivity contribution in [3.8, 4) is 0 Å². The number of nitrogens with zero attached hydrogens (tertiary/aromatic N) is 1. The maximum atomic E-state index is 12.1. The maximum absolute atomic E-state index is 12.1. The van der Waals surface area contributed by atoms with Gasteiger partial charge in [0.15, 0.2) is 0 Å². The number of carbonyl (C=O) groups excluding carboxylic acids is 1. The quantitative estimate of drug-likeness (QED) is 0.785. The van der Waals surface area contributed by atoms with Crippen molar-refractivity contribution in [1.29, 1.82) is 0 Å². The Labute approximate surface area is 150 Å². The minimum Gasteiger partial charge on any atom is -0.353 e. The fourth-order valence-corrected chi connectivity index (χ4v) is 3.19. The molecule has 6 heteroatoms. The third kappa shape index (κ3) is 5.96. The largest absolute Gasteiger partial charge is 0.353 e. The lowest BCUT2D eigenvalue weighted by molar-refractivity contribution is -0.122. The molecule has 0 aliphatic carbocycles. The molecule has 4 nitrogen and oxygen atoms in total. The molecule has 1 heterocycles. The SMILES string of the molecule is CCCC(N)C(=O)NCC(c1cccc(Cl)c1)N1CCCC1.Cl. The second-order valence-electron chi connectivity index (χ2n) is 5.95. The first-order valence-corrected chi connectivity index (χ1v) is 8.52. The molecule has 130 valence electrons. The van der Waals surface area contributed by atoms with Gasteiger partial charge >= 0.3 is 0 Å². The molecule has 2 unspecified atom stereocenters. The Morgan fingerprint density at radius 3 is 2.70 bits per heavy atom. The van der Waals surface area contributed by atoms with Crippen molar-refractivity contribution in [3.05, 3.63) is 34.9 Å². The molecule has 0 saturated carbocycles. The Bertz CT molecular complexity index is 492. The molecule has 1 aromatic rings. The van der Waals surface area contributed by atoms with Crippen molar-refractivity contribution in [2.75, 3.05) is 19.6 Å². The van der Waals surface area contributed by atoms with Crippen molar-refractivity contribution in [1.82, 2.24) is 10.2 Å². The summed E-state index contributed by atoms with van der Waals surface area (Å²) in [7, 11) is 0. The van der Waals surface area contributed by atoms with Gasteiger partial charge in [0.25, 0.3) is 0 Å². The van der Waals surface area contributed by atoms with Crippen LogP contribution in [0, 0.1) is 0 Å². The molecule has 23 heavy (non-hydrogen) atoms. The highest BCUT2D eigenvalue weighted by Gasteiger charge is 2.24. The number of nitrogens with one attached hydrogen (secondary N) is 1. The van der Waals surface area contributed by atoms with Gasteiger partial charge in [0.1, 0.15) is 0 Å². The van der Waals surface area contributed by atoms with Crippen molar-refractivity contribution in [2.45, 2.75) is 44.7 Å². The Kier molecular flexibility index (Phi) is 8.92. The first-order chi connectivity index (χ1) is 10.6. The van der Waals surface area contributed by atoms with Crippen LogP contribution in [0.2, 0.25) is 5.02 Å². The van der Waals surface area contributed by atoms with Gasteiger partial charge in [0.05, 0.1) is 12.1 Å². The summed E-state index contributed by atoms with van der Waals surface area (Å²) in [5, 5.41) is 3.75. The predicted octanol–water partition coefficient (Wildman–Crippen LogP) is 3.14. The molecule has 2 atom stereocenters. The highest BCUT2D eigenvalue weighted by atomic mass is 35.5. The summed E-state index contributed by atoms with van der Waals surface area (Å²) >= 11 is 6.12. The average molecular weight is 360 g/mol. The average Bonchev–Trinajstić information content (AvgIpc) is 3.01. The molecule has 1 amide bonds. The summed E-state index contributed by atoms with van der Waals surface area (Å²) in [5.41, 5.74) is 7.04. The van der Waals surface area contributed by atoms with Crippen LogP contribution >= 0.6 is 24.0 Å². The molecule has 3 N–H and O–H groups in total. The maximum Gasteiger partial charge on any atom is 0.236 e. The number of rotatable bonds is 7. The molecule has 1 aromatic carbocycles. The van der Waals surface area contributed by atoms with Crippen LogP contribution in [0.25, 0.3) is 0 Å². The zero-order valence-electron chi connectivity index (χ0n) is 13.6.